The summed E-state index contributed by atoms with van der Waals surface area (Å²) in [5.41, 5.74) is 4.44. The number of benzene rings is 1. The predicted octanol–water partition coefficient (Wildman–Crippen LogP) is 5.12. The molecule has 0 radical (unpaired) electrons. The SMILES string of the molecule is CNCc1ccccc1-c1csc([C@@H](C)Nc2nc(C)nc3ncc(O[C@H]4CCOC4)cc23)c1. The molecule has 34 heavy (non-hydrogen) atoms. The third-order valence-electron chi connectivity index (χ3n) is 5.92. The summed E-state index contributed by atoms with van der Waals surface area (Å²) in [7, 11) is 1.97. The molecule has 0 aliphatic carbocycles. The van der Waals surface area contributed by atoms with Gasteiger partial charge in [0.25, 0.3) is 0 Å². The van der Waals surface area contributed by atoms with Crippen LogP contribution in [0.15, 0.2) is 48.0 Å². The van der Waals surface area contributed by atoms with Gasteiger partial charge in [0.15, 0.2) is 5.65 Å². The Morgan fingerprint density at radius 2 is 2.12 bits per heavy atom. The number of nitrogens with zero attached hydrogens (tertiary/aromatic N) is 3. The van der Waals surface area contributed by atoms with E-state index < -0.39 is 0 Å². The molecule has 0 amide bonds. The lowest BCUT2D eigenvalue weighted by atomic mass is 10.0. The fourth-order valence-corrected chi connectivity index (χ4v) is 5.13. The van der Waals surface area contributed by atoms with Crippen LogP contribution in [0.2, 0.25) is 0 Å². The smallest absolute Gasteiger partial charge is 0.165 e. The lowest BCUT2D eigenvalue weighted by molar-refractivity contribution is 0.141. The molecule has 0 spiro atoms. The van der Waals surface area contributed by atoms with Crippen molar-refractivity contribution in [1.82, 2.24) is 20.3 Å². The van der Waals surface area contributed by atoms with Crippen molar-refractivity contribution >= 4 is 28.2 Å². The van der Waals surface area contributed by atoms with Crippen molar-refractivity contribution < 1.29 is 9.47 Å². The van der Waals surface area contributed by atoms with Crippen LogP contribution in [-0.4, -0.2) is 41.3 Å². The maximum atomic E-state index is 6.07. The van der Waals surface area contributed by atoms with Crippen LogP contribution in [0.1, 0.15) is 35.7 Å². The molecule has 0 bridgehead atoms. The largest absolute Gasteiger partial charge is 0.486 e. The standard InChI is InChI=1S/C26H29N5O2S/c1-16(24-10-19(15-34-24)22-7-5-4-6-18(22)12-27-3)29-26-23-11-21(33-20-8-9-32-14-20)13-28-25(23)30-17(2)31-26/h4-7,10-11,13,15-16,20,27H,8-9,12,14H2,1-3H3,(H,28,29,30,31)/t16-,20+/m1/s1. The first-order chi connectivity index (χ1) is 16.6. The summed E-state index contributed by atoms with van der Waals surface area (Å²) in [6.07, 6.45) is 2.69. The fourth-order valence-electron chi connectivity index (χ4n) is 4.22. The van der Waals surface area contributed by atoms with Gasteiger partial charge in [0.1, 0.15) is 23.5 Å². The molecule has 3 aromatic heterocycles. The summed E-state index contributed by atoms with van der Waals surface area (Å²) in [6.45, 7) is 6.23. The second-order valence-corrected chi connectivity index (χ2v) is 9.50. The summed E-state index contributed by atoms with van der Waals surface area (Å²) in [5, 5.41) is 9.93. The van der Waals surface area contributed by atoms with Crippen molar-refractivity contribution in [1.29, 1.82) is 0 Å². The molecule has 0 saturated carbocycles. The van der Waals surface area contributed by atoms with Crippen LogP contribution >= 0.6 is 11.3 Å². The minimum Gasteiger partial charge on any atom is -0.486 e. The summed E-state index contributed by atoms with van der Waals surface area (Å²) < 4.78 is 11.5. The highest BCUT2D eigenvalue weighted by molar-refractivity contribution is 7.10. The molecule has 7 nitrogen and oxygen atoms in total. The van der Waals surface area contributed by atoms with Crippen molar-refractivity contribution in [2.75, 3.05) is 25.6 Å². The van der Waals surface area contributed by atoms with Crippen molar-refractivity contribution in [2.24, 2.45) is 0 Å². The molecule has 8 heteroatoms. The molecule has 1 saturated heterocycles. The van der Waals surface area contributed by atoms with E-state index in [1.807, 2.05) is 20.0 Å². The molecule has 4 heterocycles. The Hall–Kier alpha value is -3.07. The maximum Gasteiger partial charge on any atom is 0.165 e. The second-order valence-electron chi connectivity index (χ2n) is 8.56. The van der Waals surface area contributed by atoms with Gasteiger partial charge in [0, 0.05) is 17.8 Å². The number of aryl methyl sites for hydroxylation is 1. The molecular weight excluding hydrogens is 446 g/mol. The molecule has 1 aliphatic heterocycles. The monoisotopic (exact) mass is 475 g/mol. The number of rotatable bonds is 8. The first-order valence-electron chi connectivity index (χ1n) is 11.6. The van der Waals surface area contributed by atoms with Gasteiger partial charge < -0.3 is 20.1 Å². The summed E-state index contributed by atoms with van der Waals surface area (Å²) >= 11 is 1.75. The highest BCUT2D eigenvalue weighted by atomic mass is 32.1. The molecule has 2 N–H and O–H groups in total. The first-order valence-corrected chi connectivity index (χ1v) is 12.5. The van der Waals surface area contributed by atoms with E-state index in [9.17, 15) is 0 Å². The van der Waals surface area contributed by atoms with Crippen LogP contribution in [0.25, 0.3) is 22.2 Å². The number of ether oxygens (including phenoxy) is 2. The lowest BCUT2D eigenvalue weighted by Crippen LogP contribution is -2.16. The molecular formula is C26H29N5O2S. The van der Waals surface area contributed by atoms with Crippen LogP contribution in [0.5, 0.6) is 5.75 Å². The van der Waals surface area contributed by atoms with Gasteiger partial charge in [0.05, 0.1) is 30.8 Å². The number of hydrogen-bond donors (Lipinski definition) is 2. The van der Waals surface area contributed by atoms with Crippen molar-refractivity contribution in [3.8, 4) is 16.9 Å². The Kier molecular flexibility index (Phi) is 6.71. The van der Waals surface area contributed by atoms with Crippen molar-refractivity contribution in [3.05, 3.63) is 64.2 Å². The molecule has 5 rings (SSSR count). The molecule has 2 atom stereocenters. The number of thiophene rings is 1. The van der Waals surface area contributed by atoms with Crippen molar-refractivity contribution in [3.63, 3.8) is 0 Å². The van der Waals surface area contributed by atoms with E-state index in [0.717, 1.165) is 30.8 Å². The molecule has 4 aromatic rings. The van der Waals surface area contributed by atoms with Gasteiger partial charge in [-0.05, 0) is 55.1 Å². The normalized spacial score (nSPS) is 16.6. The first kappa shape index (κ1) is 22.7. The minimum absolute atomic E-state index is 0.0660. The van der Waals surface area contributed by atoms with Crippen LogP contribution in [0, 0.1) is 6.92 Å². The quantitative estimate of drug-likeness (QED) is 0.366. The Labute approximate surface area is 203 Å². The van der Waals surface area contributed by atoms with E-state index in [1.165, 1.54) is 21.6 Å². The molecule has 1 aromatic carbocycles. The third kappa shape index (κ3) is 4.89. The van der Waals surface area contributed by atoms with Crippen LogP contribution in [0.4, 0.5) is 5.82 Å². The number of anilines is 1. The Morgan fingerprint density at radius 3 is 2.94 bits per heavy atom. The fraction of sp³-hybridized carbons (Fsp3) is 0.346. The molecule has 1 fully saturated rings. The van der Waals surface area contributed by atoms with Gasteiger partial charge in [-0.25, -0.2) is 15.0 Å². The van der Waals surface area contributed by atoms with Gasteiger partial charge >= 0.3 is 0 Å². The minimum atomic E-state index is 0.0660. The van der Waals surface area contributed by atoms with Gasteiger partial charge in [-0.15, -0.1) is 11.3 Å². The number of hydrogen-bond acceptors (Lipinski definition) is 8. The van der Waals surface area contributed by atoms with Gasteiger partial charge in [-0.3, -0.25) is 0 Å². The predicted molar refractivity (Wildman–Crippen MR) is 136 cm³/mol. The van der Waals surface area contributed by atoms with Gasteiger partial charge in [-0.1, -0.05) is 24.3 Å². The number of aromatic nitrogens is 3. The van der Waals surface area contributed by atoms with E-state index in [4.69, 9.17) is 14.5 Å². The zero-order valence-corrected chi connectivity index (χ0v) is 20.5. The Balaban J connectivity index is 1.40. The van der Waals surface area contributed by atoms with Crippen LogP contribution in [0.3, 0.4) is 0 Å². The Morgan fingerprint density at radius 1 is 1.24 bits per heavy atom. The lowest BCUT2D eigenvalue weighted by Gasteiger charge is -2.16. The van der Waals surface area contributed by atoms with E-state index in [1.54, 1.807) is 17.5 Å². The average molecular weight is 476 g/mol. The highest BCUT2D eigenvalue weighted by Gasteiger charge is 2.19. The zero-order chi connectivity index (χ0) is 23.5. The van der Waals surface area contributed by atoms with Gasteiger partial charge in [-0.2, -0.15) is 0 Å². The molecule has 1 aliphatic rings. The van der Waals surface area contributed by atoms with E-state index in [-0.39, 0.29) is 12.1 Å². The summed E-state index contributed by atoms with van der Waals surface area (Å²) in [6, 6.07) is 12.8. The average Bonchev–Trinajstić information content (AvgIpc) is 3.52. The number of fused-ring (bicyclic) bond motifs is 1. The molecule has 176 valence electrons. The zero-order valence-electron chi connectivity index (χ0n) is 19.7. The summed E-state index contributed by atoms with van der Waals surface area (Å²) in [4.78, 5) is 15.0. The number of pyridine rings is 1. The molecule has 0 unspecified atom stereocenters. The van der Waals surface area contributed by atoms with Crippen molar-refractivity contribution in [2.45, 2.75) is 39.0 Å². The third-order valence-corrected chi connectivity index (χ3v) is 7.04. The van der Waals surface area contributed by atoms with Gasteiger partial charge in [0.2, 0.25) is 0 Å². The van der Waals surface area contributed by atoms with E-state index >= 15 is 0 Å². The Bertz CT molecular complexity index is 1290. The van der Waals surface area contributed by atoms with Crippen LogP contribution < -0.4 is 15.4 Å². The maximum absolute atomic E-state index is 6.07. The number of nitrogens with one attached hydrogen (secondary N) is 2. The second kappa shape index (κ2) is 10.0. The van der Waals surface area contributed by atoms with E-state index in [2.05, 4.69) is 63.2 Å². The summed E-state index contributed by atoms with van der Waals surface area (Å²) in [5.74, 6) is 2.16. The van der Waals surface area contributed by atoms with Crippen LogP contribution in [-0.2, 0) is 11.3 Å². The highest BCUT2D eigenvalue weighted by Crippen LogP contribution is 2.34. The topological polar surface area (TPSA) is 81.2 Å². The van der Waals surface area contributed by atoms with E-state index in [0.29, 0.717) is 23.8 Å².